The number of fused-ring (bicyclic) bond motifs is 1. The number of carbonyl (C=O) groups is 1. The van der Waals surface area contributed by atoms with Crippen LogP contribution in [0.5, 0.6) is 5.75 Å². The largest absolute Gasteiger partial charge is 0.508 e. The molecule has 4 heteroatoms. The van der Waals surface area contributed by atoms with Gasteiger partial charge in [0.25, 0.3) is 5.91 Å². The molecule has 22 heavy (non-hydrogen) atoms. The van der Waals surface area contributed by atoms with Gasteiger partial charge in [0, 0.05) is 36.7 Å². The zero-order valence-corrected chi connectivity index (χ0v) is 13.4. The Morgan fingerprint density at radius 1 is 1.09 bits per heavy atom. The lowest BCUT2D eigenvalue weighted by Crippen LogP contribution is -2.34. The average Bonchev–Trinajstić information content (AvgIpc) is 2.69. The fourth-order valence-corrected chi connectivity index (χ4v) is 3.44. The quantitative estimate of drug-likeness (QED) is 0.874. The van der Waals surface area contributed by atoms with Crippen LogP contribution in [0.15, 0.2) is 18.2 Å². The minimum atomic E-state index is 0.107. The van der Waals surface area contributed by atoms with Gasteiger partial charge in [-0.2, -0.15) is 0 Å². The zero-order valence-electron chi connectivity index (χ0n) is 13.4. The van der Waals surface area contributed by atoms with E-state index in [1.807, 2.05) is 29.5 Å². The Morgan fingerprint density at radius 3 is 2.41 bits per heavy atom. The highest BCUT2D eigenvalue weighted by Crippen LogP contribution is 2.29. The third-order valence-electron chi connectivity index (χ3n) is 4.83. The van der Waals surface area contributed by atoms with Crippen LogP contribution in [0.2, 0.25) is 0 Å². The first-order chi connectivity index (χ1) is 10.6. The lowest BCUT2D eigenvalue weighted by atomic mass is 10.1. The predicted molar refractivity (Wildman–Crippen MR) is 88.3 cm³/mol. The molecule has 1 saturated heterocycles. The molecule has 0 bridgehead atoms. The number of aryl methyl sites for hydroxylation is 1. The molecule has 0 saturated carbocycles. The van der Waals surface area contributed by atoms with Gasteiger partial charge in [0.2, 0.25) is 0 Å². The molecule has 0 spiro atoms. The summed E-state index contributed by atoms with van der Waals surface area (Å²) in [6, 6.07) is 5.26. The predicted octanol–water partition coefficient (Wildman–Crippen LogP) is 3.60. The highest BCUT2D eigenvalue weighted by molar-refractivity contribution is 6.08. The maximum atomic E-state index is 13.1. The standard InChI is InChI=1S/C18H24N2O2/c1-13-17(15-12-14(21)8-9-16(15)19(13)2)18(22)20-10-6-4-3-5-7-11-20/h8-9,12,21H,3-7,10-11H2,1-2H3. The van der Waals surface area contributed by atoms with Crippen molar-refractivity contribution in [3.63, 3.8) is 0 Å². The Kier molecular flexibility index (Phi) is 4.10. The van der Waals surface area contributed by atoms with E-state index >= 15 is 0 Å². The minimum absolute atomic E-state index is 0.107. The first-order valence-electron chi connectivity index (χ1n) is 8.17. The molecule has 2 heterocycles. The van der Waals surface area contributed by atoms with Gasteiger partial charge < -0.3 is 14.6 Å². The summed E-state index contributed by atoms with van der Waals surface area (Å²) in [7, 11) is 1.97. The van der Waals surface area contributed by atoms with Gasteiger partial charge in [0.1, 0.15) is 5.75 Å². The van der Waals surface area contributed by atoms with E-state index in [9.17, 15) is 9.90 Å². The molecule has 4 nitrogen and oxygen atoms in total. The van der Waals surface area contributed by atoms with Gasteiger partial charge in [-0.1, -0.05) is 19.3 Å². The van der Waals surface area contributed by atoms with Crippen molar-refractivity contribution in [1.82, 2.24) is 9.47 Å². The highest BCUT2D eigenvalue weighted by atomic mass is 16.3. The third kappa shape index (κ3) is 2.58. The third-order valence-corrected chi connectivity index (χ3v) is 4.83. The van der Waals surface area contributed by atoms with E-state index in [2.05, 4.69) is 0 Å². The zero-order chi connectivity index (χ0) is 15.7. The fraction of sp³-hybridized carbons (Fsp3) is 0.500. The maximum Gasteiger partial charge on any atom is 0.256 e. The van der Waals surface area contributed by atoms with Crippen LogP contribution in [-0.2, 0) is 7.05 Å². The number of likely N-dealkylation sites (tertiary alicyclic amines) is 1. The van der Waals surface area contributed by atoms with Gasteiger partial charge in [0.05, 0.1) is 5.56 Å². The number of carbonyl (C=O) groups excluding carboxylic acids is 1. The Morgan fingerprint density at radius 2 is 1.73 bits per heavy atom. The van der Waals surface area contributed by atoms with Crippen molar-refractivity contribution in [3.05, 3.63) is 29.5 Å². The Hall–Kier alpha value is -1.97. The van der Waals surface area contributed by atoms with Crippen LogP contribution in [0.25, 0.3) is 10.9 Å². The molecule has 118 valence electrons. The van der Waals surface area contributed by atoms with E-state index < -0.39 is 0 Å². The molecule has 1 aliphatic rings. The Balaban J connectivity index is 2.02. The lowest BCUT2D eigenvalue weighted by Gasteiger charge is -2.25. The van der Waals surface area contributed by atoms with Crippen LogP contribution in [0.3, 0.4) is 0 Å². The number of hydrogen-bond acceptors (Lipinski definition) is 2. The van der Waals surface area contributed by atoms with Crippen molar-refractivity contribution in [2.45, 2.75) is 39.0 Å². The second-order valence-corrected chi connectivity index (χ2v) is 6.28. The van der Waals surface area contributed by atoms with Crippen molar-refractivity contribution in [3.8, 4) is 5.75 Å². The van der Waals surface area contributed by atoms with Crippen LogP contribution >= 0.6 is 0 Å². The van der Waals surface area contributed by atoms with Gasteiger partial charge in [-0.25, -0.2) is 0 Å². The number of aromatic hydroxyl groups is 1. The van der Waals surface area contributed by atoms with E-state index in [0.717, 1.165) is 48.1 Å². The molecule has 1 N–H and O–H groups in total. The summed E-state index contributed by atoms with van der Waals surface area (Å²) in [5.41, 5.74) is 2.70. The Bertz CT molecular complexity index is 695. The molecular weight excluding hydrogens is 276 g/mol. The van der Waals surface area contributed by atoms with E-state index in [-0.39, 0.29) is 11.7 Å². The second-order valence-electron chi connectivity index (χ2n) is 6.28. The van der Waals surface area contributed by atoms with E-state index in [0.29, 0.717) is 0 Å². The van der Waals surface area contributed by atoms with E-state index in [1.165, 1.54) is 19.3 Å². The molecular formula is C18H24N2O2. The van der Waals surface area contributed by atoms with Gasteiger partial charge in [0.15, 0.2) is 0 Å². The number of rotatable bonds is 1. The first-order valence-corrected chi connectivity index (χ1v) is 8.17. The number of phenols is 1. The number of aromatic nitrogens is 1. The molecule has 1 amide bonds. The second kappa shape index (κ2) is 6.03. The molecule has 0 atom stereocenters. The summed E-state index contributed by atoms with van der Waals surface area (Å²) in [4.78, 5) is 15.0. The lowest BCUT2D eigenvalue weighted by molar-refractivity contribution is 0.0743. The molecule has 2 aromatic rings. The fourth-order valence-electron chi connectivity index (χ4n) is 3.44. The van der Waals surface area contributed by atoms with Crippen molar-refractivity contribution in [2.24, 2.45) is 7.05 Å². The minimum Gasteiger partial charge on any atom is -0.508 e. The van der Waals surface area contributed by atoms with Crippen LogP contribution < -0.4 is 0 Å². The van der Waals surface area contributed by atoms with Crippen molar-refractivity contribution >= 4 is 16.8 Å². The van der Waals surface area contributed by atoms with Crippen molar-refractivity contribution in [1.29, 1.82) is 0 Å². The van der Waals surface area contributed by atoms with Crippen molar-refractivity contribution < 1.29 is 9.90 Å². The summed E-state index contributed by atoms with van der Waals surface area (Å²) >= 11 is 0. The van der Waals surface area contributed by atoms with E-state index in [4.69, 9.17) is 0 Å². The number of hydrogen-bond donors (Lipinski definition) is 1. The maximum absolute atomic E-state index is 13.1. The number of phenolic OH excluding ortho intramolecular Hbond substituents is 1. The SMILES string of the molecule is Cc1c(C(=O)N2CCCCCCC2)c2cc(O)ccc2n1C. The summed E-state index contributed by atoms with van der Waals surface area (Å²) < 4.78 is 2.03. The highest BCUT2D eigenvalue weighted by Gasteiger charge is 2.23. The molecule has 0 radical (unpaired) electrons. The molecule has 1 fully saturated rings. The van der Waals surface area contributed by atoms with Crippen LogP contribution in [0.1, 0.15) is 48.2 Å². The molecule has 1 aliphatic heterocycles. The number of amides is 1. The molecule has 1 aromatic carbocycles. The smallest absolute Gasteiger partial charge is 0.256 e. The molecule has 0 aliphatic carbocycles. The van der Waals surface area contributed by atoms with Gasteiger partial charge in [-0.15, -0.1) is 0 Å². The summed E-state index contributed by atoms with van der Waals surface area (Å²) in [5, 5.41) is 10.6. The molecule has 3 rings (SSSR count). The first kappa shape index (κ1) is 14.9. The topological polar surface area (TPSA) is 45.5 Å². The van der Waals surface area contributed by atoms with Gasteiger partial charge in [-0.3, -0.25) is 4.79 Å². The van der Waals surface area contributed by atoms with Gasteiger partial charge in [-0.05, 0) is 38.0 Å². The van der Waals surface area contributed by atoms with Gasteiger partial charge >= 0.3 is 0 Å². The average molecular weight is 300 g/mol. The van der Waals surface area contributed by atoms with Crippen molar-refractivity contribution in [2.75, 3.05) is 13.1 Å². The van der Waals surface area contributed by atoms with E-state index in [1.54, 1.807) is 12.1 Å². The van der Waals surface area contributed by atoms with Crippen LogP contribution in [-0.4, -0.2) is 33.6 Å². The summed E-state index contributed by atoms with van der Waals surface area (Å²) in [5.74, 6) is 0.315. The van der Waals surface area contributed by atoms with Crippen LogP contribution in [0.4, 0.5) is 0 Å². The molecule has 1 aromatic heterocycles. The number of benzene rings is 1. The molecule has 0 unspecified atom stereocenters. The normalized spacial score (nSPS) is 16.5. The summed E-state index contributed by atoms with van der Waals surface area (Å²) in [6.45, 7) is 3.66. The van der Waals surface area contributed by atoms with Crippen LogP contribution in [0, 0.1) is 6.92 Å². The number of nitrogens with zero attached hydrogens (tertiary/aromatic N) is 2. The summed E-state index contributed by atoms with van der Waals surface area (Å²) in [6.07, 6.45) is 5.86. The monoisotopic (exact) mass is 300 g/mol. The Labute approximate surface area is 131 Å².